The van der Waals surface area contributed by atoms with Gasteiger partial charge in [-0.3, -0.25) is 4.90 Å². The number of methoxy groups -OCH3 is 1. The summed E-state index contributed by atoms with van der Waals surface area (Å²) >= 11 is 0. The van der Waals surface area contributed by atoms with Crippen molar-refractivity contribution in [2.24, 2.45) is 5.92 Å². The van der Waals surface area contributed by atoms with Crippen LogP contribution in [0.3, 0.4) is 0 Å². The Morgan fingerprint density at radius 3 is 2.76 bits per heavy atom. The van der Waals surface area contributed by atoms with Crippen LogP contribution >= 0.6 is 0 Å². The molecule has 17 heavy (non-hydrogen) atoms. The molecule has 0 bridgehead atoms. The van der Waals surface area contributed by atoms with E-state index in [0.717, 1.165) is 25.6 Å². The van der Waals surface area contributed by atoms with Crippen LogP contribution in [0.1, 0.15) is 40.0 Å². The zero-order valence-electron chi connectivity index (χ0n) is 12.0. The quantitative estimate of drug-likeness (QED) is 0.692. The van der Waals surface area contributed by atoms with Crippen LogP contribution in [0.15, 0.2) is 0 Å². The van der Waals surface area contributed by atoms with Crippen molar-refractivity contribution in [1.82, 2.24) is 10.2 Å². The minimum Gasteiger partial charge on any atom is -0.383 e. The highest BCUT2D eigenvalue weighted by atomic mass is 16.5. The molecule has 1 heterocycles. The number of nitrogens with zero attached hydrogens (tertiary/aromatic N) is 1. The van der Waals surface area contributed by atoms with Crippen LogP contribution < -0.4 is 5.32 Å². The topological polar surface area (TPSA) is 24.5 Å². The monoisotopic (exact) mass is 242 g/mol. The second-order valence-corrected chi connectivity index (χ2v) is 5.53. The number of likely N-dealkylation sites (tertiary alicyclic amines) is 1. The molecule has 0 radical (unpaired) electrons. The molecule has 0 spiro atoms. The number of piperidine rings is 1. The summed E-state index contributed by atoms with van der Waals surface area (Å²) in [7, 11) is 1.81. The Hall–Kier alpha value is -0.120. The van der Waals surface area contributed by atoms with Crippen molar-refractivity contribution in [1.29, 1.82) is 0 Å². The maximum atomic E-state index is 5.38. The van der Waals surface area contributed by atoms with Crippen LogP contribution in [0.5, 0.6) is 0 Å². The van der Waals surface area contributed by atoms with Crippen molar-refractivity contribution < 1.29 is 4.74 Å². The fourth-order valence-corrected chi connectivity index (χ4v) is 2.88. The summed E-state index contributed by atoms with van der Waals surface area (Å²) in [5.74, 6) is 0.882. The first-order chi connectivity index (χ1) is 8.19. The Bertz CT molecular complexity index is 199. The molecule has 3 nitrogen and oxygen atoms in total. The summed E-state index contributed by atoms with van der Waals surface area (Å²) in [4.78, 5) is 2.63. The van der Waals surface area contributed by atoms with Crippen molar-refractivity contribution in [2.45, 2.75) is 52.1 Å². The fourth-order valence-electron chi connectivity index (χ4n) is 2.88. The molecule has 1 saturated heterocycles. The number of hydrogen-bond acceptors (Lipinski definition) is 3. The van der Waals surface area contributed by atoms with E-state index in [0.29, 0.717) is 12.1 Å². The van der Waals surface area contributed by atoms with Gasteiger partial charge in [-0.05, 0) is 45.2 Å². The van der Waals surface area contributed by atoms with E-state index in [4.69, 9.17) is 4.74 Å². The highest BCUT2D eigenvalue weighted by Gasteiger charge is 2.28. The van der Waals surface area contributed by atoms with Crippen LogP contribution in [0.4, 0.5) is 0 Å². The van der Waals surface area contributed by atoms with Crippen molar-refractivity contribution in [3.63, 3.8) is 0 Å². The van der Waals surface area contributed by atoms with E-state index in [1.165, 1.54) is 25.8 Å². The molecule has 1 rings (SSSR count). The Kier molecular flexibility index (Phi) is 7.09. The Balaban J connectivity index is 2.44. The van der Waals surface area contributed by atoms with Gasteiger partial charge < -0.3 is 10.1 Å². The lowest BCUT2D eigenvalue weighted by atomic mass is 9.92. The van der Waals surface area contributed by atoms with Crippen molar-refractivity contribution >= 4 is 0 Å². The molecule has 0 aromatic heterocycles. The Morgan fingerprint density at radius 2 is 2.18 bits per heavy atom. The van der Waals surface area contributed by atoms with Gasteiger partial charge in [0.1, 0.15) is 0 Å². The smallest absolute Gasteiger partial charge is 0.0630 e. The molecule has 1 fully saturated rings. The van der Waals surface area contributed by atoms with Crippen LogP contribution in [-0.2, 0) is 4.74 Å². The van der Waals surface area contributed by atoms with Crippen LogP contribution in [0, 0.1) is 5.92 Å². The van der Waals surface area contributed by atoms with E-state index in [9.17, 15) is 0 Å². The minimum atomic E-state index is 0.536. The largest absolute Gasteiger partial charge is 0.383 e. The second kappa shape index (κ2) is 8.06. The highest BCUT2D eigenvalue weighted by molar-refractivity contribution is 4.83. The number of hydrogen-bond donors (Lipinski definition) is 1. The normalized spacial score (nSPS) is 28.2. The molecule has 0 aliphatic carbocycles. The van der Waals surface area contributed by atoms with E-state index in [1.54, 1.807) is 0 Å². The van der Waals surface area contributed by atoms with Crippen LogP contribution in [0.25, 0.3) is 0 Å². The van der Waals surface area contributed by atoms with Crippen molar-refractivity contribution in [2.75, 3.05) is 33.4 Å². The lowest BCUT2D eigenvalue weighted by Crippen LogP contribution is -2.52. The summed E-state index contributed by atoms with van der Waals surface area (Å²) in [6.07, 6.45) is 3.86. The summed E-state index contributed by atoms with van der Waals surface area (Å²) in [5, 5.41) is 3.53. The van der Waals surface area contributed by atoms with Gasteiger partial charge in [-0.15, -0.1) is 0 Å². The van der Waals surface area contributed by atoms with Crippen LogP contribution in [-0.4, -0.2) is 50.3 Å². The third-order valence-electron chi connectivity index (χ3n) is 3.82. The van der Waals surface area contributed by atoms with Gasteiger partial charge in [0.25, 0.3) is 0 Å². The molecule has 3 atom stereocenters. The lowest BCUT2D eigenvalue weighted by molar-refractivity contribution is 0.0341. The highest BCUT2D eigenvalue weighted by Crippen LogP contribution is 2.23. The summed E-state index contributed by atoms with van der Waals surface area (Å²) < 4.78 is 5.38. The molecule has 102 valence electrons. The summed E-state index contributed by atoms with van der Waals surface area (Å²) in [5.41, 5.74) is 0. The first-order valence-corrected chi connectivity index (χ1v) is 7.14. The number of ether oxygens (including phenoxy) is 1. The van der Waals surface area contributed by atoms with Crippen LogP contribution in [0.2, 0.25) is 0 Å². The first kappa shape index (κ1) is 14.9. The Labute approximate surface area is 107 Å². The molecule has 3 heteroatoms. The molecule has 0 aromatic carbocycles. The molecule has 3 unspecified atom stereocenters. The maximum absolute atomic E-state index is 5.38. The lowest BCUT2D eigenvalue weighted by Gasteiger charge is -2.41. The van der Waals surface area contributed by atoms with Gasteiger partial charge in [0.2, 0.25) is 0 Å². The van der Waals surface area contributed by atoms with E-state index >= 15 is 0 Å². The minimum absolute atomic E-state index is 0.536. The summed E-state index contributed by atoms with van der Waals surface area (Å²) in [6.45, 7) is 11.2. The number of rotatable bonds is 7. The molecular formula is C14H30N2O. The van der Waals surface area contributed by atoms with Gasteiger partial charge in [0, 0.05) is 25.7 Å². The molecular weight excluding hydrogens is 212 g/mol. The van der Waals surface area contributed by atoms with Gasteiger partial charge in [0.05, 0.1) is 6.61 Å². The molecule has 1 N–H and O–H groups in total. The van der Waals surface area contributed by atoms with Crippen molar-refractivity contribution in [3.05, 3.63) is 0 Å². The zero-order valence-corrected chi connectivity index (χ0v) is 12.0. The summed E-state index contributed by atoms with van der Waals surface area (Å²) in [6, 6.07) is 1.23. The third kappa shape index (κ3) is 4.94. The molecule has 0 aromatic rings. The predicted molar refractivity (Wildman–Crippen MR) is 73.4 cm³/mol. The number of nitrogens with one attached hydrogen (secondary N) is 1. The third-order valence-corrected chi connectivity index (χ3v) is 3.82. The fraction of sp³-hybridized carbons (Fsp3) is 1.00. The molecule has 1 aliphatic rings. The predicted octanol–water partition coefficient (Wildman–Crippen LogP) is 2.12. The van der Waals surface area contributed by atoms with Gasteiger partial charge in [0.15, 0.2) is 0 Å². The first-order valence-electron chi connectivity index (χ1n) is 7.14. The van der Waals surface area contributed by atoms with Gasteiger partial charge in [-0.2, -0.15) is 0 Å². The van der Waals surface area contributed by atoms with Gasteiger partial charge >= 0.3 is 0 Å². The molecule has 1 aliphatic heterocycles. The Morgan fingerprint density at radius 1 is 1.41 bits per heavy atom. The van der Waals surface area contributed by atoms with E-state index in [-0.39, 0.29) is 0 Å². The standard InChI is InChI=1S/C14H30N2O/c1-5-7-15-10-14(11-17-4)16-8-6-12(2)9-13(16)3/h12-15H,5-11H2,1-4H3. The van der Waals surface area contributed by atoms with Gasteiger partial charge in [-0.1, -0.05) is 13.8 Å². The zero-order chi connectivity index (χ0) is 12.7. The molecule has 0 saturated carbocycles. The SMILES string of the molecule is CCCNCC(COC)N1CCC(C)CC1C. The second-order valence-electron chi connectivity index (χ2n) is 5.53. The van der Waals surface area contributed by atoms with E-state index in [2.05, 4.69) is 31.0 Å². The van der Waals surface area contributed by atoms with Gasteiger partial charge in [-0.25, -0.2) is 0 Å². The molecule has 0 amide bonds. The van der Waals surface area contributed by atoms with Crippen molar-refractivity contribution in [3.8, 4) is 0 Å². The maximum Gasteiger partial charge on any atom is 0.0630 e. The van der Waals surface area contributed by atoms with E-state index < -0.39 is 0 Å². The average molecular weight is 242 g/mol. The van der Waals surface area contributed by atoms with E-state index in [1.807, 2.05) is 7.11 Å². The average Bonchev–Trinajstić information content (AvgIpc) is 2.28.